The molecule has 0 saturated heterocycles. The predicted octanol–water partition coefficient (Wildman–Crippen LogP) is 3.28. The zero-order valence-corrected chi connectivity index (χ0v) is 10.7. The van der Waals surface area contributed by atoms with Gasteiger partial charge in [0.05, 0.1) is 4.83 Å². The van der Waals surface area contributed by atoms with E-state index < -0.39 is 10.8 Å². The Balaban J connectivity index is 2.84. The molecular formula is C10H10Br2O2. The zero-order chi connectivity index (χ0) is 10.7. The summed E-state index contributed by atoms with van der Waals surface area (Å²) in [5.41, 5.74) is 2.12. The van der Waals surface area contributed by atoms with Crippen LogP contribution < -0.4 is 0 Å². The Kier molecular flexibility index (Phi) is 4.13. The predicted molar refractivity (Wildman–Crippen MR) is 63.2 cm³/mol. The third-order valence-corrected chi connectivity index (χ3v) is 4.58. The second-order valence-corrected chi connectivity index (χ2v) is 5.03. The lowest BCUT2D eigenvalue weighted by Gasteiger charge is -2.13. The summed E-state index contributed by atoms with van der Waals surface area (Å²) in [4.78, 5) is 9.89. The fraction of sp³-hybridized carbons (Fsp3) is 0.300. The van der Waals surface area contributed by atoms with E-state index in [1.54, 1.807) is 0 Å². The highest BCUT2D eigenvalue weighted by molar-refractivity contribution is 9.12. The SMILES string of the molecule is Cc1ccc([C@@H](Br)[C@H](Br)C(=O)O)cc1. The number of rotatable bonds is 3. The molecule has 2 nitrogen and oxygen atoms in total. The van der Waals surface area contributed by atoms with Crippen molar-refractivity contribution in [1.29, 1.82) is 0 Å². The summed E-state index contributed by atoms with van der Waals surface area (Å²) >= 11 is 6.47. The molecule has 76 valence electrons. The summed E-state index contributed by atoms with van der Waals surface area (Å²) in [6.45, 7) is 2.00. The van der Waals surface area contributed by atoms with Crippen molar-refractivity contribution in [2.24, 2.45) is 0 Å². The Labute approximate surface area is 99.6 Å². The van der Waals surface area contributed by atoms with Crippen molar-refractivity contribution in [3.8, 4) is 0 Å². The van der Waals surface area contributed by atoms with Crippen LogP contribution in [0, 0.1) is 6.92 Å². The van der Waals surface area contributed by atoms with E-state index >= 15 is 0 Å². The molecular weight excluding hydrogens is 312 g/mol. The van der Waals surface area contributed by atoms with Gasteiger partial charge in [0.1, 0.15) is 4.83 Å². The van der Waals surface area contributed by atoms with Gasteiger partial charge < -0.3 is 5.11 Å². The van der Waals surface area contributed by atoms with Gasteiger partial charge in [-0.25, -0.2) is 0 Å². The average Bonchev–Trinajstić information content (AvgIpc) is 2.16. The molecule has 0 heterocycles. The molecule has 0 unspecified atom stereocenters. The van der Waals surface area contributed by atoms with E-state index in [0.717, 1.165) is 11.1 Å². The van der Waals surface area contributed by atoms with Crippen molar-refractivity contribution in [2.75, 3.05) is 0 Å². The molecule has 0 amide bonds. The quantitative estimate of drug-likeness (QED) is 0.867. The van der Waals surface area contributed by atoms with Crippen LogP contribution in [0.1, 0.15) is 16.0 Å². The molecule has 1 N–H and O–H groups in total. The molecule has 1 aromatic rings. The molecule has 0 saturated carbocycles. The first kappa shape index (κ1) is 11.7. The molecule has 14 heavy (non-hydrogen) atoms. The van der Waals surface area contributed by atoms with Gasteiger partial charge in [0, 0.05) is 0 Å². The van der Waals surface area contributed by atoms with Crippen LogP contribution in [0.2, 0.25) is 0 Å². The summed E-state index contributed by atoms with van der Waals surface area (Å²) in [6.07, 6.45) is 0. The van der Waals surface area contributed by atoms with E-state index in [0.29, 0.717) is 0 Å². The summed E-state index contributed by atoms with van der Waals surface area (Å²) in [6, 6.07) is 7.77. The largest absolute Gasteiger partial charge is 0.480 e. The third-order valence-electron chi connectivity index (χ3n) is 1.89. The van der Waals surface area contributed by atoms with Gasteiger partial charge in [-0.2, -0.15) is 0 Å². The highest BCUT2D eigenvalue weighted by Gasteiger charge is 2.23. The van der Waals surface area contributed by atoms with Gasteiger partial charge in [0.15, 0.2) is 0 Å². The smallest absolute Gasteiger partial charge is 0.318 e. The molecule has 0 aromatic heterocycles. The van der Waals surface area contributed by atoms with Crippen LogP contribution in [0.25, 0.3) is 0 Å². The van der Waals surface area contributed by atoms with Crippen LogP contribution in [0.3, 0.4) is 0 Å². The van der Waals surface area contributed by atoms with Crippen molar-refractivity contribution in [1.82, 2.24) is 0 Å². The van der Waals surface area contributed by atoms with Crippen LogP contribution in [0.5, 0.6) is 0 Å². The minimum absolute atomic E-state index is 0.208. The van der Waals surface area contributed by atoms with E-state index in [1.165, 1.54) is 0 Å². The number of alkyl halides is 2. The molecule has 0 aliphatic carbocycles. The minimum atomic E-state index is -0.868. The minimum Gasteiger partial charge on any atom is -0.480 e. The lowest BCUT2D eigenvalue weighted by molar-refractivity contribution is -0.136. The molecule has 0 radical (unpaired) electrons. The lowest BCUT2D eigenvalue weighted by Crippen LogP contribution is -2.17. The first-order chi connectivity index (χ1) is 6.52. The molecule has 1 rings (SSSR count). The summed E-state index contributed by atoms with van der Waals surface area (Å²) in [5, 5.41) is 8.79. The van der Waals surface area contributed by atoms with Gasteiger partial charge in [0.2, 0.25) is 0 Å². The van der Waals surface area contributed by atoms with Crippen molar-refractivity contribution in [2.45, 2.75) is 16.6 Å². The van der Waals surface area contributed by atoms with Gasteiger partial charge in [0.25, 0.3) is 0 Å². The highest BCUT2D eigenvalue weighted by atomic mass is 79.9. The Morgan fingerprint density at radius 3 is 2.21 bits per heavy atom. The van der Waals surface area contributed by atoms with Gasteiger partial charge >= 0.3 is 5.97 Å². The fourth-order valence-corrected chi connectivity index (χ4v) is 1.88. The van der Waals surface area contributed by atoms with E-state index in [1.807, 2.05) is 31.2 Å². The van der Waals surface area contributed by atoms with E-state index in [4.69, 9.17) is 5.11 Å². The molecule has 2 atom stereocenters. The van der Waals surface area contributed by atoms with Gasteiger partial charge in [-0.15, -0.1) is 0 Å². The highest BCUT2D eigenvalue weighted by Crippen LogP contribution is 2.31. The normalized spacial score (nSPS) is 14.8. The first-order valence-electron chi connectivity index (χ1n) is 4.10. The maximum Gasteiger partial charge on any atom is 0.318 e. The Bertz CT molecular complexity index is 321. The van der Waals surface area contributed by atoms with Crippen LogP contribution in [0.4, 0.5) is 0 Å². The fourth-order valence-electron chi connectivity index (χ4n) is 1.04. The second kappa shape index (κ2) is 4.94. The number of hydrogen-bond donors (Lipinski definition) is 1. The average molecular weight is 322 g/mol. The van der Waals surface area contributed by atoms with Crippen LogP contribution in [0.15, 0.2) is 24.3 Å². The number of benzene rings is 1. The molecule has 0 bridgehead atoms. The van der Waals surface area contributed by atoms with E-state index in [-0.39, 0.29) is 4.83 Å². The summed E-state index contributed by atoms with van der Waals surface area (Å²) < 4.78 is 0. The van der Waals surface area contributed by atoms with Crippen molar-refractivity contribution < 1.29 is 9.90 Å². The van der Waals surface area contributed by atoms with Crippen molar-refractivity contribution in [3.05, 3.63) is 35.4 Å². The number of aliphatic carboxylic acids is 1. The van der Waals surface area contributed by atoms with Crippen LogP contribution >= 0.6 is 31.9 Å². The standard InChI is InChI=1S/C10H10Br2O2/c1-6-2-4-7(5-3-6)8(11)9(12)10(13)14/h2-5,8-9H,1H3,(H,13,14)/t8-,9+/m1/s1. The maximum atomic E-state index is 10.7. The number of carbonyl (C=O) groups is 1. The van der Waals surface area contributed by atoms with Gasteiger partial charge in [-0.1, -0.05) is 61.7 Å². The monoisotopic (exact) mass is 320 g/mol. The zero-order valence-electron chi connectivity index (χ0n) is 7.58. The van der Waals surface area contributed by atoms with Gasteiger partial charge in [-0.3, -0.25) is 4.79 Å². The topological polar surface area (TPSA) is 37.3 Å². The second-order valence-electron chi connectivity index (χ2n) is 3.05. The Hall–Kier alpha value is -0.350. The number of carboxylic acid groups (broad SMARTS) is 1. The number of halogens is 2. The molecule has 0 aliphatic heterocycles. The molecule has 0 spiro atoms. The third kappa shape index (κ3) is 2.82. The summed E-state index contributed by atoms with van der Waals surface area (Å²) in [7, 11) is 0. The Morgan fingerprint density at radius 1 is 1.29 bits per heavy atom. The van der Waals surface area contributed by atoms with E-state index in [9.17, 15) is 4.79 Å². The molecule has 1 aromatic carbocycles. The Morgan fingerprint density at radius 2 is 1.79 bits per heavy atom. The lowest BCUT2D eigenvalue weighted by atomic mass is 10.1. The first-order valence-corrected chi connectivity index (χ1v) is 5.93. The molecule has 0 aliphatic rings. The van der Waals surface area contributed by atoms with Crippen LogP contribution in [-0.2, 0) is 4.79 Å². The molecule has 0 fully saturated rings. The molecule has 4 heteroatoms. The summed E-state index contributed by atoms with van der Waals surface area (Å²) in [5.74, 6) is -0.868. The maximum absolute atomic E-state index is 10.7. The number of aryl methyl sites for hydroxylation is 1. The number of carboxylic acids is 1. The van der Waals surface area contributed by atoms with Crippen molar-refractivity contribution in [3.63, 3.8) is 0 Å². The number of hydrogen-bond acceptors (Lipinski definition) is 1. The van der Waals surface area contributed by atoms with Crippen LogP contribution in [-0.4, -0.2) is 15.9 Å². The van der Waals surface area contributed by atoms with Crippen molar-refractivity contribution >= 4 is 37.8 Å². The van der Waals surface area contributed by atoms with Gasteiger partial charge in [-0.05, 0) is 12.5 Å². The van der Waals surface area contributed by atoms with E-state index in [2.05, 4.69) is 31.9 Å².